The molecular weight excluding hydrogens is 365 g/mol. The Morgan fingerprint density at radius 3 is 2.33 bits per heavy atom. The molecule has 1 aromatic rings. The lowest BCUT2D eigenvalue weighted by atomic mass is 10.2. The van der Waals surface area contributed by atoms with Crippen molar-refractivity contribution in [2.24, 2.45) is 5.73 Å². The summed E-state index contributed by atoms with van der Waals surface area (Å²) in [6.45, 7) is 1.36. The lowest BCUT2D eigenvalue weighted by Gasteiger charge is -2.12. The van der Waals surface area contributed by atoms with E-state index in [9.17, 15) is 35.5 Å². The van der Waals surface area contributed by atoms with E-state index in [1.54, 1.807) is 0 Å². The number of rotatable bonds is 4. The number of allylic oxidation sites excluding steroid dienone is 1. The number of hydrogen-bond acceptors (Lipinski definition) is 3. The fraction of sp³-hybridized carbons (Fsp3) is 0.308. The van der Waals surface area contributed by atoms with Crippen LogP contribution in [0.5, 0.6) is 0 Å². The summed E-state index contributed by atoms with van der Waals surface area (Å²) in [6.07, 6.45) is -9.38. The maximum Gasteiger partial charge on any atom is 0.430 e. The molecule has 0 radical (unpaired) electrons. The van der Waals surface area contributed by atoms with Crippen molar-refractivity contribution >= 4 is 23.4 Å². The molecule has 0 bridgehead atoms. The number of alkyl halides is 6. The van der Waals surface area contributed by atoms with Gasteiger partial charge in [-0.25, -0.2) is 4.39 Å². The summed E-state index contributed by atoms with van der Waals surface area (Å²) in [5.41, 5.74) is 2.58. The van der Waals surface area contributed by atoms with Crippen molar-refractivity contribution in [2.75, 3.05) is 11.1 Å². The van der Waals surface area contributed by atoms with E-state index in [1.807, 2.05) is 5.32 Å². The number of thioether (sulfide) groups is 1. The summed E-state index contributed by atoms with van der Waals surface area (Å²) in [5, 5.41) is 1.81. The van der Waals surface area contributed by atoms with Crippen LogP contribution < -0.4 is 11.1 Å². The second kappa shape index (κ2) is 7.32. The number of nitrogens with two attached hydrogens (primary N) is 1. The maximum absolute atomic E-state index is 13.7. The number of amides is 1. The molecule has 0 aliphatic carbocycles. The first kappa shape index (κ1) is 20.1. The van der Waals surface area contributed by atoms with Gasteiger partial charge in [-0.1, -0.05) is 0 Å². The second-order valence-corrected chi connectivity index (χ2v) is 5.61. The zero-order chi connectivity index (χ0) is 18.7. The number of nitrogens with one attached hydrogen (secondary N) is 1. The van der Waals surface area contributed by atoms with Crippen molar-refractivity contribution in [1.82, 2.24) is 0 Å². The standard InChI is InChI=1S/C13H11F7N2OS/c1-6-2-7(14)8(3-9(6)24-5-12(15,16)17)22-11(23)4-10(21)13(18,19)20/h2-4H,5,21H2,1H3,(H,22,23). The minimum Gasteiger partial charge on any atom is -0.395 e. The second-order valence-electron chi connectivity index (χ2n) is 4.59. The fourth-order valence-corrected chi connectivity index (χ4v) is 2.26. The molecule has 0 fully saturated rings. The van der Waals surface area contributed by atoms with E-state index in [1.165, 1.54) is 6.92 Å². The molecule has 0 unspecified atom stereocenters. The van der Waals surface area contributed by atoms with E-state index in [0.29, 0.717) is 11.8 Å². The van der Waals surface area contributed by atoms with Crippen LogP contribution in [0.15, 0.2) is 28.8 Å². The van der Waals surface area contributed by atoms with Crippen molar-refractivity contribution in [3.63, 3.8) is 0 Å². The number of carbonyl (C=O) groups is 1. The van der Waals surface area contributed by atoms with Gasteiger partial charge in [-0.2, -0.15) is 26.3 Å². The van der Waals surface area contributed by atoms with Gasteiger partial charge < -0.3 is 11.1 Å². The van der Waals surface area contributed by atoms with Gasteiger partial charge in [0.1, 0.15) is 11.5 Å². The smallest absolute Gasteiger partial charge is 0.395 e. The topological polar surface area (TPSA) is 55.1 Å². The first-order valence-corrected chi connectivity index (χ1v) is 7.13. The number of aryl methyl sites for hydroxylation is 1. The van der Waals surface area contributed by atoms with E-state index in [4.69, 9.17) is 0 Å². The SMILES string of the molecule is Cc1cc(F)c(NC(=O)C=C(N)C(F)(F)F)cc1SCC(F)(F)F. The molecule has 24 heavy (non-hydrogen) atoms. The number of halogens is 7. The molecule has 0 heterocycles. The molecule has 0 aliphatic heterocycles. The molecular formula is C13H11F7N2OS. The molecule has 0 aliphatic rings. The van der Waals surface area contributed by atoms with E-state index in [2.05, 4.69) is 5.73 Å². The molecule has 0 spiro atoms. The number of anilines is 1. The third-order valence-electron chi connectivity index (χ3n) is 2.53. The van der Waals surface area contributed by atoms with Crippen molar-refractivity contribution in [2.45, 2.75) is 24.2 Å². The van der Waals surface area contributed by atoms with Crippen LogP contribution in [0, 0.1) is 12.7 Å². The fourth-order valence-electron chi connectivity index (χ4n) is 1.46. The van der Waals surface area contributed by atoms with Gasteiger partial charge in [-0.05, 0) is 24.6 Å². The zero-order valence-electron chi connectivity index (χ0n) is 12.0. The predicted molar refractivity (Wildman–Crippen MR) is 74.9 cm³/mol. The Kier molecular flexibility index (Phi) is 6.15. The van der Waals surface area contributed by atoms with Gasteiger partial charge in [0, 0.05) is 11.0 Å². The molecule has 1 aromatic carbocycles. The molecule has 0 atom stereocenters. The normalized spacial score (nSPS) is 13.1. The summed E-state index contributed by atoms with van der Waals surface area (Å²) in [6, 6.07) is 1.78. The van der Waals surface area contributed by atoms with Crippen molar-refractivity contribution in [3.05, 3.63) is 35.3 Å². The Labute approximate surface area is 136 Å². The molecule has 0 saturated heterocycles. The van der Waals surface area contributed by atoms with Crippen LogP contribution in [-0.4, -0.2) is 24.0 Å². The van der Waals surface area contributed by atoms with Crippen LogP contribution in [0.1, 0.15) is 5.56 Å². The molecule has 134 valence electrons. The summed E-state index contributed by atoms with van der Waals surface area (Å²) in [5.74, 6) is -3.61. The van der Waals surface area contributed by atoms with E-state index in [0.717, 1.165) is 12.1 Å². The van der Waals surface area contributed by atoms with Gasteiger partial charge in [0.15, 0.2) is 0 Å². The van der Waals surface area contributed by atoms with Crippen LogP contribution >= 0.6 is 11.8 Å². The van der Waals surface area contributed by atoms with E-state index in [-0.39, 0.29) is 16.5 Å². The van der Waals surface area contributed by atoms with Gasteiger partial charge >= 0.3 is 12.4 Å². The lowest BCUT2D eigenvalue weighted by molar-refractivity contribution is -0.113. The first-order valence-electron chi connectivity index (χ1n) is 6.14. The highest BCUT2D eigenvalue weighted by Gasteiger charge is 2.32. The molecule has 0 saturated carbocycles. The van der Waals surface area contributed by atoms with E-state index < -0.39 is 41.2 Å². The number of benzene rings is 1. The Morgan fingerprint density at radius 1 is 1.25 bits per heavy atom. The largest absolute Gasteiger partial charge is 0.430 e. The van der Waals surface area contributed by atoms with Gasteiger partial charge in [0.2, 0.25) is 0 Å². The minimum atomic E-state index is -4.93. The van der Waals surface area contributed by atoms with Crippen molar-refractivity contribution in [3.8, 4) is 0 Å². The van der Waals surface area contributed by atoms with Crippen molar-refractivity contribution in [1.29, 1.82) is 0 Å². The number of hydrogen-bond donors (Lipinski definition) is 2. The van der Waals surface area contributed by atoms with Crippen LogP contribution in [0.25, 0.3) is 0 Å². The third-order valence-corrected chi connectivity index (χ3v) is 3.75. The third kappa shape index (κ3) is 6.30. The van der Waals surface area contributed by atoms with Gasteiger partial charge in [-0.15, -0.1) is 11.8 Å². The molecule has 11 heteroatoms. The summed E-state index contributed by atoms with van der Waals surface area (Å²) < 4.78 is 87.0. The molecule has 1 rings (SSSR count). The molecule has 1 amide bonds. The summed E-state index contributed by atoms with van der Waals surface area (Å²) >= 11 is 0.359. The molecule has 0 aromatic heterocycles. The molecule has 3 N–H and O–H groups in total. The predicted octanol–water partition coefficient (Wildman–Crippen LogP) is 4.13. The van der Waals surface area contributed by atoms with Crippen LogP contribution in [0.4, 0.5) is 36.4 Å². The first-order chi connectivity index (χ1) is 10.8. The summed E-state index contributed by atoms with van der Waals surface area (Å²) in [7, 11) is 0. The van der Waals surface area contributed by atoms with Gasteiger partial charge in [0.25, 0.3) is 5.91 Å². The highest BCUT2D eigenvalue weighted by atomic mass is 32.2. The van der Waals surface area contributed by atoms with Crippen LogP contribution in [0.3, 0.4) is 0 Å². The van der Waals surface area contributed by atoms with E-state index >= 15 is 0 Å². The minimum absolute atomic E-state index is 0.0157. The average Bonchev–Trinajstić information content (AvgIpc) is 2.38. The van der Waals surface area contributed by atoms with Crippen LogP contribution in [-0.2, 0) is 4.79 Å². The highest BCUT2D eigenvalue weighted by molar-refractivity contribution is 7.99. The Balaban J connectivity index is 2.98. The summed E-state index contributed by atoms with van der Waals surface area (Å²) in [4.78, 5) is 11.4. The van der Waals surface area contributed by atoms with Gasteiger partial charge in [0.05, 0.1) is 11.4 Å². The maximum atomic E-state index is 13.7. The highest BCUT2D eigenvalue weighted by Crippen LogP contribution is 2.32. The average molecular weight is 376 g/mol. The monoisotopic (exact) mass is 376 g/mol. The Bertz CT molecular complexity index is 653. The number of carbonyl (C=O) groups excluding carboxylic acids is 1. The van der Waals surface area contributed by atoms with Gasteiger partial charge in [-0.3, -0.25) is 4.79 Å². The zero-order valence-corrected chi connectivity index (χ0v) is 12.8. The lowest BCUT2D eigenvalue weighted by Crippen LogP contribution is -2.22. The van der Waals surface area contributed by atoms with Crippen molar-refractivity contribution < 1.29 is 35.5 Å². The Hall–Kier alpha value is -1.91. The molecule has 3 nitrogen and oxygen atoms in total. The van der Waals surface area contributed by atoms with Crippen LogP contribution in [0.2, 0.25) is 0 Å². The quantitative estimate of drug-likeness (QED) is 0.472. The Morgan fingerprint density at radius 2 is 1.83 bits per heavy atom.